The molecule has 0 aromatic heterocycles. The summed E-state index contributed by atoms with van der Waals surface area (Å²) in [7, 11) is 0. The second kappa shape index (κ2) is 4.82. The summed E-state index contributed by atoms with van der Waals surface area (Å²) in [6.07, 6.45) is 1.68. The third-order valence-electron chi connectivity index (χ3n) is 1.34. The number of rotatable bonds is 1. The monoisotopic (exact) mass is 153 g/mol. The number of carboxylic acids is 1. The molecule has 0 aromatic rings. The fourth-order valence-corrected chi connectivity index (χ4v) is 0.886. The first-order valence-electron chi connectivity index (χ1n) is 2.75. The molecule has 1 N–H and O–H groups in total. The minimum absolute atomic E-state index is 0. The van der Waals surface area contributed by atoms with E-state index in [2.05, 4.69) is 5.32 Å². The molecule has 3 nitrogen and oxygen atoms in total. The number of carbonyl (C=O) groups is 1. The Kier molecular flexibility index (Phi) is 5.39. The Morgan fingerprint density at radius 1 is 1.67 bits per heavy atom. The van der Waals surface area contributed by atoms with E-state index in [0.717, 1.165) is 19.4 Å². The van der Waals surface area contributed by atoms with Gasteiger partial charge < -0.3 is 15.2 Å². The maximum atomic E-state index is 10.0. The number of carboxylic acid groups (broad SMARTS) is 1. The zero-order valence-electron chi connectivity index (χ0n) is 5.52. The second-order valence-electron chi connectivity index (χ2n) is 1.97. The van der Waals surface area contributed by atoms with Crippen LogP contribution < -0.4 is 61.8 Å². The molecule has 0 aliphatic carbocycles. The van der Waals surface area contributed by atoms with Crippen LogP contribution in [0.2, 0.25) is 0 Å². The van der Waals surface area contributed by atoms with Crippen molar-refractivity contribution in [2.24, 2.45) is 0 Å². The SMILES string of the molecule is O=C([O-])[C@@H]1CCCN1.[K+]. The molecule has 0 radical (unpaired) electrons. The van der Waals surface area contributed by atoms with Crippen LogP contribution in [-0.4, -0.2) is 18.6 Å². The quantitative estimate of drug-likeness (QED) is 0.386. The van der Waals surface area contributed by atoms with Gasteiger partial charge in [-0.2, -0.15) is 0 Å². The van der Waals surface area contributed by atoms with Crippen molar-refractivity contribution < 1.29 is 61.3 Å². The minimum atomic E-state index is -0.970. The first kappa shape index (κ1) is 10.1. The van der Waals surface area contributed by atoms with Gasteiger partial charge in [0.15, 0.2) is 0 Å². The normalized spacial score (nSPS) is 25.1. The van der Waals surface area contributed by atoms with Gasteiger partial charge in [0, 0.05) is 6.04 Å². The van der Waals surface area contributed by atoms with E-state index in [4.69, 9.17) is 0 Å². The predicted octanol–water partition coefficient (Wildman–Crippen LogP) is -4.51. The molecule has 0 aromatic carbocycles. The van der Waals surface area contributed by atoms with Crippen molar-refractivity contribution in [2.75, 3.05) is 6.54 Å². The Morgan fingerprint density at radius 3 is 2.56 bits per heavy atom. The maximum Gasteiger partial charge on any atom is 1.00 e. The molecule has 0 unspecified atom stereocenters. The molecular formula is C5H8KNO2. The Hall–Kier alpha value is 1.07. The molecule has 0 bridgehead atoms. The molecule has 1 saturated heterocycles. The van der Waals surface area contributed by atoms with Crippen LogP contribution in [0.4, 0.5) is 0 Å². The average molecular weight is 153 g/mol. The van der Waals surface area contributed by atoms with Crippen molar-refractivity contribution in [2.45, 2.75) is 18.9 Å². The predicted molar refractivity (Wildman–Crippen MR) is 26.0 cm³/mol. The molecule has 1 rings (SSSR count). The first-order valence-corrected chi connectivity index (χ1v) is 2.75. The topological polar surface area (TPSA) is 52.2 Å². The van der Waals surface area contributed by atoms with Crippen molar-refractivity contribution in [3.8, 4) is 0 Å². The standard InChI is InChI=1S/C5H9NO2.K/c7-5(8)4-2-1-3-6-4;/h4,6H,1-3H2,(H,7,8);/q;+1/p-1/t4-;/m0./s1. The summed E-state index contributed by atoms with van der Waals surface area (Å²) in [5, 5.41) is 12.8. The molecule has 0 saturated carbocycles. The van der Waals surface area contributed by atoms with Crippen molar-refractivity contribution in [1.82, 2.24) is 5.32 Å². The van der Waals surface area contributed by atoms with E-state index in [-0.39, 0.29) is 57.4 Å². The van der Waals surface area contributed by atoms with Gasteiger partial charge in [-0.25, -0.2) is 0 Å². The molecule has 1 heterocycles. The summed E-state index contributed by atoms with van der Waals surface area (Å²) in [5.74, 6) is -0.970. The van der Waals surface area contributed by atoms with Gasteiger partial charge in [0.05, 0.1) is 5.97 Å². The number of aliphatic carboxylic acids is 1. The number of hydrogen-bond acceptors (Lipinski definition) is 3. The molecule has 9 heavy (non-hydrogen) atoms. The maximum absolute atomic E-state index is 10.0. The van der Waals surface area contributed by atoms with E-state index in [1.54, 1.807) is 0 Å². The van der Waals surface area contributed by atoms with Gasteiger partial charge in [-0.1, -0.05) is 0 Å². The molecule has 4 heteroatoms. The second-order valence-corrected chi connectivity index (χ2v) is 1.97. The molecule has 0 spiro atoms. The Morgan fingerprint density at radius 2 is 2.33 bits per heavy atom. The van der Waals surface area contributed by atoms with Crippen molar-refractivity contribution in [3.05, 3.63) is 0 Å². The van der Waals surface area contributed by atoms with Gasteiger partial charge in [0.2, 0.25) is 0 Å². The summed E-state index contributed by atoms with van der Waals surface area (Å²) in [6, 6.07) is -0.380. The van der Waals surface area contributed by atoms with Gasteiger partial charge in [-0.05, 0) is 19.4 Å². The smallest absolute Gasteiger partial charge is 0.548 e. The zero-order valence-corrected chi connectivity index (χ0v) is 8.64. The van der Waals surface area contributed by atoms with E-state index in [1.807, 2.05) is 0 Å². The third-order valence-corrected chi connectivity index (χ3v) is 1.34. The Bertz CT molecular complexity index is 101. The number of carbonyl (C=O) groups excluding carboxylic acids is 1. The van der Waals surface area contributed by atoms with Crippen LogP contribution in [0.15, 0.2) is 0 Å². The number of hydrogen-bond donors (Lipinski definition) is 1. The van der Waals surface area contributed by atoms with E-state index < -0.39 is 5.97 Å². The van der Waals surface area contributed by atoms with E-state index >= 15 is 0 Å². The Balaban J connectivity index is 0.000000640. The van der Waals surface area contributed by atoms with E-state index in [1.165, 1.54) is 0 Å². The molecule has 1 atom stereocenters. The van der Waals surface area contributed by atoms with Gasteiger partial charge in [0.25, 0.3) is 0 Å². The van der Waals surface area contributed by atoms with Crippen LogP contribution in [0.5, 0.6) is 0 Å². The van der Waals surface area contributed by atoms with Crippen LogP contribution in [-0.2, 0) is 4.79 Å². The average Bonchev–Trinajstić information content (AvgIpc) is 2.12. The summed E-state index contributed by atoms with van der Waals surface area (Å²) in [6.45, 7) is 0.818. The fourth-order valence-electron chi connectivity index (χ4n) is 0.886. The Labute approximate surface area is 96.6 Å². The van der Waals surface area contributed by atoms with Gasteiger partial charge >= 0.3 is 51.4 Å². The van der Waals surface area contributed by atoms with Gasteiger partial charge in [-0.3, -0.25) is 0 Å². The van der Waals surface area contributed by atoms with Crippen LogP contribution in [0, 0.1) is 0 Å². The van der Waals surface area contributed by atoms with Crippen LogP contribution in [0.1, 0.15) is 12.8 Å². The fraction of sp³-hybridized carbons (Fsp3) is 0.800. The summed E-state index contributed by atoms with van der Waals surface area (Å²) in [5.41, 5.74) is 0. The van der Waals surface area contributed by atoms with Gasteiger partial charge in [-0.15, -0.1) is 0 Å². The molecule has 1 aliphatic rings. The molecular weight excluding hydrogens is 145 g/mol. The van der Waals surface area contributed by atoms with Crippen LogP contribution in [0.3, 0.4) is 0 Å². The molecule has 0 amide bonds. The molecule has 1 aliphatic heterocycles. The summed E-state index contributed by atoms with van der Waals surface area (Å²) >= 11 is 0. The molecule has 1 fully saturated rings. The zero-order chi connectivity index (χ0) is 5.98. The van der Waals surface area contributed by atoms with E-state index in [9.17, 15) is 9.90 Å². The summed E-state index contributed by atoms with van der Waals surface area (Å²) in [4.78, 5) is 10.0. The van der Waals surface area contributed by atoms with Gasteiger partial charge in [0.1, 0.15) is 0 Å². The van der Waals surface area contributed by atoms with Crippen LogP contribution in [0.25, 0.3) is 0 Å². The van der Waals surface area contributed by atoms with E-state index in [0.29, 0.717) is 0 Å². The van der Waals surface area contributed by atoms with Crippen molar-refractivity contribution >= 4 is 5.97 Å². The number of nitrogens with one attached hydrogen (secondary N) is 1. The van der Waals surface area contributed by atoms with Crippen molar-refractivity contribution in [1.29, 1.82) is 0 Å². The van der Waals surface area contributed by atoms with Crippen molar-refractivity contribution in [3.63, 3.8) is 0 Å². The minimum Gasteiger partial charge on any atom is -0.548 e. The first-order chi connectivity index (χ1) is 3.80. The molecule has 46 valence electrons. The third kappa shape index (κ3) is 3.11. The summed E-state index contributed by atoms with van der Waals surface area (Å²) < 4.78 is 0. The largest absolute Gasteiger partial charge is 1.00 e. The van der Waals surface area contributed by atoms with Crippen LogP contribution >= 0.6 is 0 Å².